The molecule has 28 heavy (non-hydrogen) atoms. The number of H-pyrrole nitrogens is 1. The highest BCUT2D eigenvalue weighted by atomic mass is 16.2. The van der Waals surface area contributed by atoms with Crippen LogP contribution in [-0.2, 0) is 11.3 Å². The van der Waals surface area contributed by atoms with Gasteiger partial charge in [-0.2, -0.15) is 15.1 Å². The van der Waals surface area contributed by atoms with Crippen LogP contribution in [0.5, 0.6) is 0 Å². The molecule has 0 saturated carbocycles. The number of carbonyl (C=O) groups excluding carboxylic acids is 1. The largest absolute Gasteiger partial charge is 0.368 e. The second-order valence-electron chi connectivity index (χ2n) is 7.94. The molecule has 2 saturated heterocycles. The van der Waals surface area contributed by atoms with Crippen molar-refractivity contribution in [2.45, 2.75) is 25.8 Å². The number of likely N-dealkylation sites (tertiary alicyclic amines) is 1. The van der Waals surface area contributed by atoms with Crippen molar-refractivity contribution in [3.05, 3.63) is 42.1 Å². The number of nitrogen functional groups attached to an aromatic ring is 1. The van der Waals surface area contributed by atoms with Gasteiger partial charge in [0.2, 0.25) is 11.9 Å². The van der Waals surface area contributed by atoms with Crippen molar-refractivity contribution in [2.75, 3.05) is 30.3 Å². The number of aromatic nitrogens is 4. The van der Waals surface area contributed by atoms with Crippen LogP contribution in [0.1, 0.15) is 24.8 Å². The van der Waals surface area contributed by atoms with Crippen molar-refractivity contribution in [3.8, 4) is 0 Å². The lowest BCUT2D eigenvalue weighted by Gasteiger charge is -2.39. The summed E-state index contributed by atoms with van der Waals surface area (Å²) in [6.45, 7) is 3.23. The summed E-state index contributed by atoms with van der Waals surface area (Å²) in [5.41, 5.74) is 7.78. The number of benzene rings is 1. The average molecular weight is 377 g/mol. The third kappa shape index (κ3) is 2.94. The summed E-state index contributed by atoms with van der Waals surface area (Å²) in [4.78, 5) is 25.6. The van der Waals surface area contributed by atoms with Crippen LogP contribution < -0.4 is 10.6 Å². The van der Waals surface area contributed by atoms with E-state index in [2.05, 4.69) is 37.2 Å². The number of fused-ring (bicyclic) bond motifs is 1. The second-order valence-corrected chi connectivity index (χ2v) is 7.94. The van der Waals surface area contributed by atoms with Crippen LogP contribution in [0.25, 0.3) is 11.0 Å². The predicted molar refractivity (Wildman–Crippen MR) is 106 cm³/mol. The molecule has 0 aliphatic carbocycles. The topological polar surface area (TPSA) is 104 Å². The Balaban J connectivity index is 1.30. The Morgan fingerprint density at radius 2 is 1.93 bits per heavy atom. The van der Waals surface area contributed by atoms with E-state index in [-0.39, 0.29) is 17.3 Å². The van der Waals surface area contributed by atoms with Crippen LogP contribution in [0.4, 0.5) is 11.8 Å². The highest BCUT2D eigenvalue weighted by molar-refractivity contribution is 5.87. The molecule has 4 heterocycles. The van der Waals surface area contributed by atoms with E-state index in [0.717, 1.165) is 43.7 Å². The molecule has 8 nitrogen and oxygen atoms in total. The molecule has 0 unspecified atom stereocenters. The van der Waals surface area contributed by atoms with Gasteiger partial charge in [-0.25, -0.2) is 0 Å². The predicted octanol–water partition coefficient (Wildman–Crippen LogP) is 1.95. The van der Waals surface area contributed by atoms with E-state index in [1.54, 1.807) is 6.20 Å². The minimum Gasteiger partial charge on any atom is -0.368 e. The number of hydrogen-bond donors (Lipinski definition) is 2. The first-order valence-electron chi connectivity index (χ1n) is 9.65. The first kappa shape index (κ1) is 17.0. The zero-order valence-electron chi connectivity index (χ0n) is 15.6. The van der Waals surface area contributed by atoms with Gasteiger partial charge < -0.3 is 15.5 Å². The maximum absolute atomic E-state index is 12.7. The van der Waals surface area contributed by atoms with Gasteiger partial charge in [0, 0.05) is 38.0 Å². The third-order valence-corrected chi connectivity index (χ3v) is 6.05. The van der Waals surface area contributed by atoms with E-state index in [9.17, 15) is 4.79 Å². The number of nitrogens with zero attached hydrogens (tertiary/aromatic N) is 5. The Kier molecular flexibility index (Phi) is 3.92. The smallest absolute Gasteiger partial charge is 0.224 e. The van der Waals surface area contributed by atoms with E-state index in [1.807, 2.05) is 23.1 Å². The molecule has 3 N–H and O–H groups in total. The molecule has 1 aromatic carbocycles. The number of piperidine rings is 1. The summed E-state index contributed by atoms with van der Waals surface area (Å²) in [5.74, 6) is 1.34. The van der Waals surface area contributed by atoms with Crippen LogP contribution in [0.15, 0.2) is 36.5 Å². The van der Waals surface area contributed by atoms with Crippen molar-refractivity contribution >= 4 is 28.7 Å². The normalized spacial score (nSPS) is 19.1. The third-order valence-electron chi connectivity index (χ3n) is 6.05. The SMILES string of the molecule is Nc1nc(N2CCC3(CC2)CC(=O)N(Cc2ccccc2)C3)c2cn[nH]c2n1. The molecular formula is C20H23N7O. The van der Waals surface area contributed by atoms with Crippen LogP contribution in [0.3, 0.4) is 0 Å². The lowest BCUT2D eigenvalue weighted by atomic mass is 9.77. The molecule has 2 fully saturated rings. The number of anilines is 2. The van der Waals surface area contributed by atoms with Gasteiger partial charge >= 0.3 is 0 Å². The lowest BCUT2D eigenvalue weighted by Crippen LogP contribution is -2.42. The minimum absolute atomic E-state index is 0.0659. The van der Waals surface area contributed by atoms with E-state index >= 15 is 0 Å². The Morgan fingerprint density at radius 1 is 1.14 bits per heavy atom. The minimum atomic E-state index is 0.0659. The zero-order valence-corrected chi connectivity index (χ0v) is 15.6. The average Bonchev–Trinajstić information content (AvgIpc) is 3.27. The Labute approximate surface area is 162 Å². The molecule has 2 aliphatic rings. The van der Waals surface area contributed by atoms with Crippen molar-refractivity contribution in [1.29, 1.82) is 0 Å². The molecule has 1 spiro atoms. The van der Waals surface area contributed by atoms with Crippen LogP contribution >= 0.6 is 0 Å². The van der Waals surface area contributed by atoms with Crippen molar-refractivity contribution in [3.63, 3.8) is 0 Å². The maximum Gasteiger partial charge on any atom is 0.224 e. The molecule has 0 bridgehead atoms. The van der Waals surface area contributed by atoms with Gasteiger partial charge in [0.05, 0.1) is 11.6 Å². The van der Waals surface area contributed by atoms with E-state index in [4.69, 9.17) is 5.73 Å². The van der Waals surface area contributed by atoms with Gasteiger partial charge in [0.1, 0.15) is 5.82 Å². The Bertz CT molecular complexity index is 1010. The summed E-state index contributed by atoms with van der Waals surface area (Å²) < 4.78 is 0. The first-order chi connectivity index (χ1) is 13.6. The molecule has 5 rings (SSSR count). The maximum atomic E-state index is 12.7. The van der Waals surface area contributed by atoms with E-state index in [0.29, 0.717) is 18.6 Å². The van der Waals surface area contributed by atoms with E-state index in [1.165, 1.54) is 5.56 Å². The van der Waals surface area contributed by atoms with Crippen molar-refractivity contribution in [1.82, 2.24) is 25.1 Å². The fourth-order valence-electron chi connectivity index (χ4n) is 4.53. The number of rotatable bonds is 3. The molecule has 144 valence electrons. The molecule has 0 atom stereocenters. The summed E-state index contributed by atoms with van der Waals surface area (Å²) in [7, 11) is 0. The summed E-state index contributed by atoms with van der Waals surface area (Å²) in [6.07, 6.45) is 4.32. The number of amides is 1. The Morgan fingerprint density at radius 3 is 2.71 bits per heavy atom. The summed E-state index contributed by atoms with van der Waals surface area (Å²) >= 11 is 0. The Hall–Kier alpha value is -3.16. The van der Waals surface area contributed by atoms with Crippen LogP contribution in [0.2, 0.25) is 0 Å². The van der Waals surface area contributed by atoms with Gasteiger partial charge in [-0.05, 0) is 18.4 Å². The standard InChI is InChI=1S/C20H23N7O/c21-19-23-17-15(11-22-25-17)18(24-19)26-8-6-20(7-9-26)10-16(28)27(13-20)12-14-4-2-1-3-5-14/h1-5,11H,6-10,12-13H2,(H3,21,22,23,24,25). The van der Waals surface area contributed by atoms with Gasteiger partial charge in [-0.15, -0.1) is 0 Å². The molecular weight excluding hydrogens is 354 g/mol. The first-order valence-corrected chi connectivity index (χ1v) is 9.65. The van der Waals surface area contributed by atoms with Crippen molar-refractivity contribution in [2.24, 2.45) is 5.41 Å². The van der Waals surface area contributed by atoms with Gasteiger partial charge in [-0.3, -0.25) is 9.89 Å². The number of nitrogens with two attached hydrogens (primary N) is 1. The fraction of sp³-hybridized carbons (Fsp3) is 0.400. The van der Waals surface area contributed by atoms with Gasteiger partial charge in [0.25, 0.3) is 0 Å². The molecule has 8 heteroatoms. The number of aromatic amines is 1. The molecule has 0 radical (unpaired) electrons. The van der Waals surface area contributed by atoms with Gasteiger partial charge in [0.15, 0.2) is 5.65 Å². The summed E-state index contributed by atoms with van der Waals surface area (Å²) in [6, 6.07) is 10.2. The quantitative estimate of drug-likeness (QED) is 0.723. The van der Waals surface area contributed by atoms with Crippen LogP contribution in [0, 0.1) is 5.41 Å². The summed E-state index contributed by atoms with van der Waals surface area (Å²) in [5, 5.41) is 7.82. The molecule has 2 aromatic heterocycles. The highest BCUT2D eigenvalue weighted by Gasteiger charge is 2.45. The molecule has 3 aromatic rings. The fourth-order valence-corrected chi connectivity index (χ4v) is 4.53. The number of nitrogens with one attached hydrogen (secondary N) is 1. The van der Waals surface area contributed by atoms with Crippen molar-refractivity contribution < 1.29 is 4.79 Å². The zero-order chi connectivity index (χ0) is 19.1. The second kappa shape index (κ2) is 6.47. The monoisotopic (exact) mass is 377 g/mol. The number of carbonyl (C=O) groups is 1. The van der Waals surface area contributed by atoms with Gasteiger partial charge in [-0.1, -0.05) is 30.3 Å². The van der Waals surface area contributed by atoms with E-state index < -0.39 is 0 Å². The lowest BCUT2D eigenvalue weighted by molar-refractivity contribution is -0.128. The number of hydrogen-bond acceptors (Lipinski definition) is 6. The molecule has 2 aliphatic heterocycles. The molecule has 1 amide bonds. The highest BCUT2D eigenvalue weighted by Crippen LogP contribution is 2.42. The van der Waals surface area contributed by atoms with Crippen LogP contribution in [-0.4, -0.2) is 50.6 Å².